The van der Waals surface area contributed by atoms with Crippen LogP contribution in [0.5, 0.6) is 5.75 Å². The molecule has 6 nitrogen and oxygen atoms in total. The number of aliphatic hydroxyl groups is 1. The third kappa shape index (κ3) is 5.89. The fourth-order valence-corrected chi connectivity index (χ4v) is 4.51. The van der Waals surface area contributed by atoms with E-state index in [0.29, 0.717) is 36.4 Å². The number of aliphatic hydroxyl groups excluding tert-OH is 1. The number of nitrogens with zero attached hydrogens (tertiary/aromatic N) is 2. The molecule has 1 N–H and O–H groups in total. The van der Waals surface area contributed by atoms with Gasteiger partial charge in [-0.3, -0.25) is 9.59 Å². The number of Topliss-reactive ketones (excluding diaryl/α,β-unsaturated/α-hetero) is 1. The van der Waals surface area contributed by atoms with Gasteiger partial charge in [-0.15, -0.1) is 0 Å². The van der Waals surface area contributed by atoms with Crippen molar-refractivity contribution in [3.63, 3.8) is 0 Å². The number of aryl methyl sites for hydroxylation is 1. The first-order chi connectivity index (χ1) is 17.8. The van der Waals surface area contributed by atoms with Crippen LogP contribution in [0.1, 0.15) is 34.7 Å². The number of hydrogen-bond donors (Lipinski definition) is 1. The van der Waals surface area contributed by atoms with E-state index in [-0.39, 0.29) is 11.3 Å². The number of amides is 1. The first kappa shape index (κ1) is 26.1. The Kier molecular flexibility index (Phi) is 8.04. The third-order valence-corrected chi connectivity index (χ3v) is 6.42. The highest BCUT2D eigenvalue weighted by atomic mass is 19.1. The van der Waals surface area contributed by atoms with Crippen LogP contribution >= 0.6 is 0 Å². The number of hydrogen-bond acceptors (Lipinski definition) is 5. The molecule has 192 valence electrons. The average molecular weight is 503 g/mol. The maximum absolute atomic E-state index is 13.7. The van der Waals surface area contributed by atoms with Gasteiger partial charge in [-0.25, -0.2) is 4.39 Å². The van der Waals surface area contributed by atoms with Crippen LogP contribution in [0.3, 0.4) is 0 Å². The van der Waals surface area contributed by atoms with E-state index in [0.717, 1.165) is 17.7 Å². The van der Waals surface area contributed by atoms with E-state index in [9.17, 15) is 19.1 Å². The van der Waals surface area contributed by atoms with Crippen molar-refractivity contribution in [2.45, 2.75) is 26.0 Å². The maximum atomic E-state index is 13.7. The van der Waals surface area contributed by atoms with E-state index in [2.05, 4.69) is 0 Å². The normalized spacial score (nSPS) is 17.0. The van der Waals surface area contributed by atoms with Crippen molar-refractivity contribution < 1.29 is 23.8 Å². The van der Waals surface area contributed by atoms with Gasteiger partial charge in [-0.05, 0) is 81.0 Å². The number of ketones is 1. The highest BCUT2D eigenvalue weighted by Crippen LogP contribution is 2.40. The Morgan fingerprint density at radius 1 is 1.03 bits per heavy atom. The maximum Gasteiger partial charge on any atom is 0.295 e. The summed E-state index contributed by atoms with van der Waals surface area (Å²) >= 11 is 0. The van der Waals surface area contributed by atoms with E-state index < -0.39 is 23.5 Å². The Hall–Kier alpha value is -3.97. The minimum atomic E-state index is -0.808. The molecule has 0 spiro atoms. The molecule has 0 saturated carbocycles. The Morgan fingerprint density at radius 3 is 2.38 bits per heavy atom. The summed E-state index contributed by atoms with van der Waals surface area (Å²) in [5, 5.41) is 11.3. The summed E-state index contributed by atoms with van der Waals surface area (Å²) in [5.74, 6) is -1.46. The van der Waals surface area contributed by atoms with Crippen molar-refractivity contribution in [3.8, 4) is 5.75 Å². The molecule has 1 heterocycles. The summed E-state index contributed by atoms with van der Waals surface area (Å²) in [5.41, 5.74) is 2.77. The van der Waals surface area contributed by atoms with E-state index >= 15 is 0 Å². The van der Waals surface area contributed by atoms with Crippen molar-refractivity contribution in [2.24, 2.45) is 0 Å². The van der Waals surface area contributed by atoms with Crippen molar-refractivity contribution in [1.82, 2.24) is 9.80 Å². The van der Waals surface area contributed by atoms with Crippen LogP contribution in [0.2, 0.25) is 0 Å². The lowest BCUT2D eigenvalue weighted by Gasteiger charge is -2.26. The van der Waals surface area contributed by atoms with Gasteiger partial charge in [0.2, 0.25) is 0 Å². The summed E-state index contributed by atoms with van der Waals surface area (Å²) in [6, 6.07) is 19.8. The fourth-order valence-electron chi connectivity index (χ4n) is 4.51. The average Bonchev–Trinajstić information content (AvgIpc) is 3.13. The molecule has 1 aliphatic rings. The van der Waals surface area contributed by atoms with Gasteiger partial charge in [-0.2, -0.15) is 0 Å². The fraction of sp³-hybridized carbons (Fsp3) is 0.267. The number of likely N-dealkylation sites (tertiary alicyclic amines) is 1. The molecule has 37 heavy (non-hydrogen) atoms. The van der Waals surface area contributed by atoms with Gasteiger partial charge < -0.3 is 19.6 Å². The molecule has 1 fully saturated rings. The lowest BCUT2D eigenvalue weighted by atomic mass is 9.94. The third-order valence-electron chi connectivity index (χ3n) is 6.42. The molecule has 7 heteroatoms. The first-order valence-electron chi connectivity index (χ1n) is 12.2. The van der Waals surface area contributed by atoms with Crippen LogP contribution in [-0.4, -0.2) is 53.8 Å². The topological polar surface area (TPSA) is 70.1 Å². The highest BCUT2D eigenvalue weighted by molar-refractivity contribution is 6.46. The molecule has 0 bridgehead atoms. The van der Waals surface area contributed by atoms with E-state index in [1.165, 1.54) is 17.0 Å². The van der Waals surface area contributed by atoms with Gasteiger partial charge in [0.05, 0.1) is 11.6 Å². The molecule has 1 amide bonds. The smallest absolute Gasteiger partial charge is 0.295 e. The van der Waals surface area contributed by atoms with Crippen molar-refractivity contribution >= 4 is 17.4 Å². The van der Waals surface area contributed by atoms with Crippen LogP contribution in [0.15, 0.2) is 78.4 Å². The van der Waals surface area contributed by atoms with Gasteiger partial charge in [-0.1, -0.05) is 42.5 Å². The predicted octanol–water partition coefficient (Wildman–Crippen LogP) is 5.09. The first-order valence-corrected chi connectivity index (χ1v) is 12.2. The molecule has 3 aromatic carbocycles. The highest BCUT2D eigenvalue weighted by Gasteiger charge is 2.45. The second-order valence-corrected chi connectivity index (χ2v) is 9.46. The van der Waals surface area contributed by atoms with E-state index in [4.69, 9.17) is 4.74 Å². The van der Waals surface area contributed by atoms with Gasteiger partial charge >= 0.3 is 0 Å². The van der Waals surface area contributed by atoms with Crippen molar-refractivity contribution in [2.75, 3.05) is 27.2 Å². The van der Waals surface area contributed by atoms with Crippen LogP contribution < -0.4 is 4.74 Å². The molecular formula is C30H31FN2O4. The number of carbonyl (C=O) groups is 2. The minimum Gasteiger partial charge on any atom is -0.507 e. The second kappa shape index (κ2) is 11.4. The summed E-state index contributed by atoms with van der Waals surface area (Å²) in [6.45, 7) is 3.31. The summed E-state index contributed by atoms with van der Waals surface area (Å²) in [4.78, 5) is 29.7. The summed E-state index contributed by atoms with van der Waals surface area (Å²) < 4.78 is 19.6. The molecule has 0 aliphatic carbocycles. The second-order valence-electron chi connectivity index (χ2n) is 9.46. The van der Waals surface area contributed by atoms with E-state index in [1.54, 1.807) is 30.3 Å². The minimum absolute atomic E-state index is 0.00110. The van der Waals surface area contributed by atoms with Crippen LogP contribution in [-0.2, 0) is 16.2 Å². The van der Waals surface area contributed by atoms with Gasteiger partial charge in [0.1, 0.15) is 23.9 Å². The largest absolute Gasteiger partial charge is 0.507 e. The SMILES string of the molecule is Cc1cc(C(O)=C2C(=O)C(=O)N(CCCN(C)C)[C@@H]2c2ccc(F)cc2)ccc1OCc1ccccc1. The van der Waals surface area contributed by atoms with Crippen LogP contribution in [0.25, 0.3) is 5.76 Å². The predicted molar refractivity (Wildman–Crippen MR) is 141 cm³/mol. The molecule has 3 aromatic rings. The molecular weight excluding hydrogens is 471 g/mol. The zero-order valence-corrected chi connectivity index (χ0v) is 21.3. The zero-order valence-electron chi connectivity index (χ0n) is 21.3. The standard InChI is InChI=1S/C30H31FN2O4/c1-20-18-23(12-15-25(20)37-19-21-8-5-4-6-9-21)28(34)26-27(22-10-13-24(31)14-11-22)33(30(36)29(26)35)17-7-16-32(2)3/h4-6,8-15,18,27,34H,7,16-17,19H2,1-3H3/t27-/m1/s1. The van der Waals surface area contributed by atoms with Gasteiger partial charge in [0, 0.05) is 12.1 Å². The molecule has 1 atom stereocenters. The number of benzene rings is 3. The lowest BCUT2D eigenvalue weighted by Crippen LogP contribution is -2.32. The monoisotopic (exact) mass is 502 g/mol. The zero-order chi connectivity index (χ0) is 26.5. The molecule has 0 radical (unpaired) electrons. The molecule has 4 rings (SSSR count). The quantitative estimate of drug-likeness (QED) is 0.251. The van der Waals surface area contributed by atoms with Gasteiger partial charge in [0.15, 0.2) is 0 Å². The lowest BCUT2D eigenvalue weighted by molar-refractivity contribution is -0.139. The molecule has 0 aromatic heterocycles. The molecule has 1 aliphatic heterocycles. The number of ether oxygens (including phenoxy) is 1. The van der Waals surface area contributed by atoms with Crippen molar-refractivity contribution in [1.29, 1.82) is 0 Å². The Labute approximate surface area is 216 Å². The van der Waals surface area contributed by atoms with Crippen LogP contribution in [0.4, 0.5) is 4.39 Å². The van der Waals surface area contributed by atoms with Crippen LogP contribution in [0, 0.1) is 12.7 Å². The van der Waals surface area contributed by atoms with Gasteiger partial charge in [0.25, 0.3) is 11.7 Å². The van der Waals surface area contributed by atoms with Crippen molar-refractivity contribution in [3.05, 3.63) is 106 Å². The van der Waals surface area contributed by atoms with E-state index in [1.807, 2.05) is 56.3 Å². The summed E-state index contributed by atoms with van der Waals surface area (Å²) in [7, 11) is 3.86. The number of halogens is 1. The Bertz CT molecular complexity index is 1300. The molecule has 1 saturated heterocycles. The summed E-state index contributed by atoms with van der Waals surface area (Å²) in [6.07, 6.45) is 0.643. The number of carbonyl (C=O) groups excluding carboxylic acids is 2. The Morgan fingerprint density at radius 2 is 1.73 bits per heavy atom. The number of rotatable bonds is 9. The Balaban J connectivity index is 1.67. The molecule has 0 unspecified atom stereocenters.